The molecule has 0 spiro atoms. The lowest BCUT2D eigenvalue weighted by atomic mass is 9.94. The van der Waals surface area contributed by atoms with Crippen LogP contribution in [0, 0.1) is 20.8 Å². The van der Waals surface area contributed by atoms with E-state index in [-0.39, 0.29) is 5.57 Å². The maximum atomic E-state index is 14.1. The third kappa shape index (κ3) is 4.21. The first kappa shape index (κ1) is 24.5. The molecule has 1 N–H and O–H groups in total. The van der Waals surface area contributed by atoms with E-state index in [1.807, 2.05) is 74.5 Å². The summed E-state index contributed by atoms with van der Waals surface area (Å²) in [5.41, 5.74) is 4.74. The average Bonchev–Trinajstić information content (AvgIpc) is 3.43. The molecule has 4 aromatic rings. The SMILES string of the molecule is COc1ccc(C2C(C(=O)c3sc(-c4ccccc4)nc3C)=C(O)C(=O)N2c2cccc(C)c2C)cc1. The molecule has 0 fully saturated rings. The molecule has 1 aromatic heterocycles. The smallest absolute Gasteiger partial charge is 0.294 e. The van der Waals surface area contributed by atoms with Crippen LogP contribution in [-0.2, 0) is 4.79 Å². The summed E-state index contributed by atoms with van der Waals surface area (Å²) >= 11 is 1.26. The summed E-state index contributed by atoms with van der Waals surface area (Å²) in [4.78, 5) is 34.1. The van der Waals surface area contributed by atoms with Crippen LogP contribution in [0.4, 0.5) is 5.69 Å². The second-order valence-corrected chi connectivity index (χ2v) is 9.96. The summed E-state index contributed by atoms with van der Waals surface area (Å²) < 4.78 is 5.31. The Kier molecular flexibility index (Phi) is 6.39. The molecule has 2 heterocycles. The van der Waals surface area contributed by atoms with Crippen LogP contribution in [0.3, 0.4) is 0 Å². The molecule has 1 aliphatic rings. The number of benzene rings is 3. The monoisotopic (exact) mass is 510 g/mol. The fraction of sp³-hybridized carbons (Fsp3) is 0.167. The minimum atomic E-state index is -0.812. The largest absolute Gasteiger partial charge is 0.503 e. The summed E-state index contributed by atoms with van der Waals surface area (Å²) in [5.74, 6) is -0.904. The van der Waals surface area contributed by atoms with Gasteiger partial charge in [-0.25, -0.2) is 4.98 Å². The van der Waals surface area contributed by atoms with Gasteiger partial charge in [0.25, 0.3) is 5.91 Å². The normalized spacial score (nSPS) is 15.4. The third-order valence-corrected chi connectivity index (χ3v) is 7.95. The van der Waals surface area contributed by atoms with Crippen LogP contribution < -0.4 is 9.64 Å². The van der Waals surface area contributed by atoms with Crippen molar-refractivity contribution in [2.45, 2.75) is 26.8 Å². The Morgan fingerprint density at radius 1 is 0.973 bits per heavy atom. The lowest BCUT2D eigenvalue weighted by molar-refractivity contribution is -0.117. The van der Waals surface area contributed by atoms with Gasteiger partial charge in [-0.15, -0.1) is 11.3 Å². The Hall–Kier alpha value is -4.23. The number of carbonyl (C=O) groups is 2. The minimum absolute atomic E-state index is 0.0439. The highest BCUT2D eigenvalue weighted by Gasteiger charge is 2.45. The van der Waals surface area contributed by atoms with Crippen LogP contribution in [0.5, 0.6) is 5.75 Å². The Morgan fingerprint density at radius 3 is 2.35 bits per heavy atom. The van der Waals surface area contributed by atoms with Gasteiger partial charge in [0.2, 0.25) is 5.78 Å². The average molecular weight is 511 g/mol. The predicted molar refractivity (Wildman–Crippen MR) is 145 cm³/mol. The van der Waals surface area contributed by atoms with Crippen LogP contribution in [-0.4, -0.2) is 28.9 Å². The quantitative estimate of drug-likeness (QED) is 0.299. The number of aromatic nitrogens is 1. The molecule has 1 unspecified atom stereocenters. The maximum absolute atomic E-state index is 14.1. The number of aryl methyl sites for hydroxylation is 2. The number of nitrogens with zero attached hydrogens (tertiary/aromatic N) is 2. The summed E-state index contributed by atoms with van der Waals surface area (Å²) in [6, 6.07) is 21.7. The van der Waals surface area contributed by atoms with Crippen molar-refractivity contribution in [3.8, 4) is 16.3 Å². The maximum Gasteiger partial charge on any atom is 0.294 e. The molecular weight excluding hydrogens is 484 g/mol. The summed E-state index contributed by atoms with van der Waals surface area (Å²) in [6.45, 7) is 5.67. The molecule has 7 heteroatoms. The highest BCUT2D eigenvalue weighted by Crippen LogP contribution is 2.44. The molecule has 5 rings (SSSR count). The second-order valence-electron chi connectivity index (χ2n) is 8.96. The number of Topliss-reactive ketones (excluding diaryl/α,β-unsaturated/α-hetero) is 1. The highest BCUT2D eigenvalue weighted by molar-refractivity contribution is 7.17. The van der Waals surface area contributed by atoms with Crippen LogP contribution in [0.15, 0.2) is 84.1 Å². The van der Waals surface area contributed by atoms with Gasteiger partial charge in [0, 0.05) is 11.3 Å². The molecule has 3 aromatic carbocycles. The molecule has 6 nitrogen and oxygen atoms in total. The van der Waals surface area contributed by atoms with Gasteiger partial charge in [-0.2, -0.15) is 0 Å². The van der Waals surface area contributed by atoms with Crippen molar-refractivity contribution in [1.82, 2.24) is 4.98 Å². The number of aliphatic hydroxyl groups excluding tert-OH is 1. The number of aliphatic hydroxyl groups is 1. The number of anilines is 1. The van der Waals surface area contributed by atoms with Crippen LogP contribution in [0.25, 0.3) is 10.6 Å². The van der Waals surface area contributed by atoms with E-state index >= 15 is 0 Å². The Morgan fingerprint density at radius 2 is 1.68 bits per heavy atom. The zero-order chi connectivity index (χ0) is 26.3. The Balaban J connectivity index is 1.65. The number of rotatable bonds is 6. The number of hydrogen-bond acceptors (Lipinski definition) is 6. The lowest BCUT2D eigenvalue weighted by Crippen LogP contribution is -2.31. The molecule has 1 atom stereocenters. The number of methoxy groups -OCH3 is 1. The van der Waals surface area contributed by atoms with Crippen molar-refractivity contribution >= 4 is 28.7 Å². The van der Waals surface area contributed by atoms with Gasteiger partial charge in [-0.1, -0.05) is 54.6 Å². The molecular formula is C30H26N2O4S. The number of ketones is 1. The number of hydrogen-bond donors (Lipinski definition) is 1. The Labute approximate surface area is 219 Å². The van der Waals surface area contributed by atoms with Gasteiger partial charge in [-0.3, -0.25) is 14.5 Å². The number of thiazole rings is 1. The van der Waals surface area contributed by atoms with Crippen molar-refractivity contribution in [1.29, 1.82) is 0 Å². The number of ether oxygens (including phenoxy) is 1. The predicted octanol–water partition coefficient (Wildman–Crippen LogP) is 6.53. The molecule has 1 amide bonds. The zero-order valence-electron chi connectivity index (χ0n) is 21.0. The molecule has 0 radical (unpaired) electrons. The van der Waals surface area contributed by atoms with E-state index in [1.54, 1.807) is 26.2 Å². The zero-order valence-corrected chi connectivity index (χ0v) is 21.8. The third-order valence-electron chi connectivity index (χ3n) is 6.74. The summed E-state index contributed by atoms with van der Waals surface area (Å²) in [6.07, 6.45) is 0. The minimum Gasteiger partial charge on any atom is -0.503 e. The van der Waals surface area contributed by atoms with Crippen LogP contribution in [0.2, 0.25) is 0 Å². The van der Waals surface area contributed by atoms with Crippen LogP contribution >= 0.6 is 11.3 Å². The standard InChI is InChI=1S/C30H26N2O4S/c1-17-9-8-12-23(18(17)2)32-25(20-13-15-22(36-4)16-14-20)24(27(34)30(32)35)26(33)28-19(3)31-29(37-28)21-10-6-5-7-11-21/h5-16,25,34H,1-4H3. The van der Waals surface area contributed by atoms with Crippen molar-refractivity contribution in [3.63, 3.8) is 0 Å². The van der Waals surface area contributed by atoms with E-state index < -0.39 is 23.5 Å². The van der Waals surface area contributed by atoms with Gasteiger partial charge in [0.05, 0.1) is 29.3 Å². The van der Waals surface area contributed by atoms with E-state index in [9.17, 15) is 14.7 Å². The first-order valence-corrected chi connectivity index (χ1v) is 12.7. The fourth-order valence-corrected chi connectivity index (χ4v) is 5.64. The van der Waals surface area contributed by atoms with Crippen molar-refractivity contribution in [3.05, 3.63) is 111 Å². The highest BCUT2D eigenvalue weighted by atomic mass is 32.1. The van der Waals surface area contributed by atoms with E-state index in [2.05, 4.69) is 4.98 Å². The second kappa shape index (κ2) is 9.67. The van der Waals surface area contributed by atoms with Gasteiger partial charge in [-0.05, 0) is 55.7 Å². The molecule has 0 saturated heterocycles. The number of amides is 1. The lowest BCUT2D eigenvalue weighted by Gasteiger charge is -2.28. The van der Waals surface area contributed by atoms with Gasteiger partial charge in [0.1, 0.15) is 10.8 Å². The summed E-state index contributed by atoms with van der Waals surface area (Å²) in [7, 11) is 1.58. The molecule has 0 aliphatic carbocycles. The Bertz CT molecular complexity index is 1540. The first-order valence-electron chi connectivity index (χ1n) is 11.9. The van der Waals surface area contributed by atoms with Crippen molar-refractivity contribution in [2.24, 2.45) is 0 Å². The summed E-state index contributed by atoms with van der Waals surface area (Å²) in [5, 5.41) is 11.9. The molecule has 37 heavy (non-hydrogen) atoms. The van der Waals surface area contributed by atoms with Gasteiger partial charge in [0.15, 0.2) is 5.76 Å². The topological polar surface area (TPSA) is 79.7 Å². The van der Waals surface area contributed by atoms with Gasteiger partial charge < -0.3 is 9.84 Å². The number of carbonyl (C=O) groups excluding carboxylic acids is 2. The van der Waals surface area contributed by atoms with E-state index in [0.29, 0.717) is 32.6 Å². The molecule has 0 saturated carbocycles. The van der Waals surface area contributed by atoms with Crippen LogP contribution in [0.1, 0.15) is 38.1 Å². The van der Waals surface area contributed by atoms with Gasteiger partial charge >= 0.3 is 0 Å². The molecule has 186 valence electrons. The van der Waals surface area contributed by atoms with E-state index in [4.69, 9.17) is 4.74 Å². The first-order chi connectivity index (χ1) is 17.8. The molecule has 0 bridgehead atoms. The van der Waals surface area contributed by atoms with E-state index in [1.165, 1.54) is 16.2 Å². The van der Waals surface area contributed by atoms with Crippen molar-refractivity contribution < 1.29 is 19.4 Å². The fourth-order valence-electron chi connectivity index (χ4n) is 4.62. The molecule has 1 aliphatic heterocycles. The van der Waals surface area contributed by atoms with E-state index in [0.717, 1.165) is 16.7 Å². The van der Waals surface area contributed by atoms with Crippen molar-refractivity contribution in [2.75, 3.05) is 12.0 Å².